The third-order valence-corrected chi connectivity index (χ3v) is 5.45. The maximum Gasteiger partial charge on any atom is 0.245 e. The highest BCUT2D eigenvalue weighted by molar-refractivity contribution is 7.89. The molecule has 1 saturated carbocycles. The molecule has 0 heterocycles. The summed E-state index contributed by atoms with van der Waals surface area (Å²) in [6.45, 7) is 7.78. The third-order valence-electron chi connectivity index (χ3n) is 3.48. The number of nitrogens with zero attached hydrogens (tertiary/aromatic N) is 1. The van der Waals surface area contributed by atoms with Gasteiger partial charge in [0.15, 0.2) is 0 Å². The maximum atomic E-state index is 12.7. The number of hydrogen-bond acceptors (Lipinski definition) is 3. The molecule has 0 atom stereocenters. The van der Waals surface area contributed by atoms with Gasteiger partial charge >= 0.3 is 0 Å². The van der Waals surface area contributed by atoms with Gasteiger partial charge in [-0.3, -0.25) is 0 Å². The van der Waals surface area contributed by atoms with E-state index in [-0.39, 0.29) is 10.9 Å². The lowest BCUT2D eigenvalue weighted by Crippen LogP contribution is -2.33. The lowest BCUT2D eigenvalue weighted by Gasteiger charge is -2.21. The van der Waals surface area contributed by atoms with E-state index in [0.717, 1.165) is 24.0 Å². The predicted octanol–water partition coefficient (Wildman–Crippen LogP) is 2.22. The lowest BCUT2D eigenvalue weighted by atomic mass is 10.1. The second-order valence-electron chi connectivity index (χ2n) is 5.07. The van der Waals surface area contributed by atoms with Crippen molar-refractivity contribution < 1.29 is 8.42 Å². The molecule has 104 valence electrons. The highest BCUT2D eigenvalue weighted by Crippen LogP contribution is 2.34. The van der Waals surface area contributed by atoms with Crippen molar-refractivity contribution >= 4 is 15.7 Å². The highest BCUT2D eigenvalue weighted by Gasteiger charge is 2.38. The number of anilines is 1. The van der Waals surface area contributed by atoms with E-state index in [1.54, 1.807) is 18.2 Å². The zero-order chi connectivity index (χ0) is 14.2. The molecule has 0 spiro atoms. The largest absolute Gasteiger partial charge is 0.398 e. The van der Waals surface area contributed by atoms with Gasteiger partial charge in [-0.2, -0.15) is 4.31 Å². The molecular formula is C14H20N2O2S. The summed E-state index contributed by atoms with van der Waals surface area (Å²) < 4.78 is 26.9. The van der Waals surface area contributed by atoms with Crippen LogP contribution in [0.3, 0.4) is 0 Å². The Morgan fingerprint density at radius 1 is 1.37 bits per heavy atom. The molecule has 5 heteroatoms. The van der Waals surface area contributed by atoms with Crippen LogP contribution >= 0.6 is 0 Å². The van der Waals surface area contributed by atoms with E-state index < -0.39 is 10.0 Å². The van der Waals surface area contributed by atoms with Crippen LogP contribution in [0.25, 0.3) is 0 Å². The smallest absolute Gasteiger partial charge is 0.245 e. The molecule has 0 radical (unpaired) electrons. The van der Waals surface area contributed by atoms with E-state index in [9.17, 15) is 8.42 Å². The number of sulfonamides is 1. The number of rotatable bonds is 5. The van der Waals surface area contributed by atoms with E-state index in [1.807, 2.05) is 13.8 Å². The van der Waals surface area contributed by atoms with Crippen LogP contribution in [0.4, 0.5) is 5.69 Å². The fraction of sp³-hybridized carbons (Fsp3) is 0.429. The lowest BCUT2D eigenvalue weighted by molar-refractivity contribution is 0.436. The van der Waals surface area contributed by atoms with Crippen molar-refractivity contribution in [1.82, 2.24) is 4.31 Å². The number of aryl methyl sites for hydroxylation is 2. The molecular weight excluding hydrogens is 260 g/mol. The minimum atomic E-state index is -3.53. The van der Waals surface area contributed by atoms with Crippen LogP contribution in [0, 0.1) is 13.8 Å². The molecule has 1 fully saturated rings. The molecule has 2 N–H and O–H groups in total. The number of nitrogen functional groups attached to an aromatic ring is 1. The van der Waals surface area contributed by atoms with Gasteiger partial charge in [0.1, 0.15) is 4.90 Å². The minimum absolute atomic E-state index is 0.101. The molecule has 0 unspecified atom stereocenters. The molecule has 4 nitrogen and oxygen atoms in total. The van der Waals surface area contributed by atoms with Gasteiger partial charge in [0.2, 0.25) is 10.0 Å². The Morgan fingerprint density at radius 3 is 2.47 bits per heavy atom. The Hall–Kier alpha value is -1.33. The topological polar surface area (TPSA) is 63.4 Å². The first-order valence-electron chi connectivity index (χ1n) is 6.37. The summed E-state index contributed by atoms with van der Waals surface area (Å²) in [7, 11) is -3.53. The van der Waals surface area contributed by atoms with Gasteiger partial charge in [-0.05, 0) is 49.9 Å². The Morgan fingerprint density at radius 2 is 1.95 bits per heavy atom. The molecule has 0 aliphatic heterocycles. The summed E-state index contributed by atoms with van der Waals surface area (Å²) in [6.07, 6.45) is 3.45. The normalized spacial score (nSPS) is 15.7. The highest BCUT2D eigenvalue weighted by atomic mass is 32.2. The van der Waals surface area contributed by atoms with Crippen LogP contribution in [0.2, 0.25) is 0 Å². The van der Waals surface area contributed by atoms with Crippen molar-refractivity contribution in [2.24, 2.45) is 0 Å². The monoisotopic (exact) mass is 280 g/mol. The van der Waals surface area contributed by atoms with Crippen LogP contribution in [0.5, 0.6) is 0 Å². The molecule has 2 rings (SSSR count). The summed E-state index contributed by atoms with van der Waals surface area (Å²) in [5.41, 5.74) is 8.15. The minimum Gasteiger partial charge on any atom is -0.398 e. The average Bonchev–Trinajstić information content (AvgIpc) is 3.14. The SMILES string of the molecule is C=CCN(C1CC1)S(=O)(=O)c1cc(C)c(C)cc1N. The molecule has 1 aliphatic rings. The molecule has 1 aliphatic carbocycles. The average molecular weight is 280 g/mol. The fourth-order valence-corrected chi connectivity index (χ4v) is 3.94. The van der Waals surface area contributed by atoms with Gasteiger partial charge in [0.25, 0.3) is 0 Å². The second kappa shape index (κ2) is 4.98. The molecule has 0 amide bonds. The van der Waals surface area contributed by atoms with Crippen molar-refractivity contribution in [2.75, 3.05) is 12.3 Å². The van der Waals surface area contributed by atoms with E-state index in [1.165, 1.54) is 4.31 Å². The first-order chi connectivity index (χ1) is 8.87. The van der Waals surface area contributed by atoms with Crippen molar-refractivity contribution in [1.29, 1.82) is 0 Å². The van der Waals surface area contributed by atoms with Crippen molar-refractivity contribution in [3.8, 4) is 0 Å². The van der Waals surface area contributed by atoms with E-state index in [4.69, 9.17) is 5.73 Å². The molecule has 0 aromatic heterocycles. The zero-order valence-corrected chi connectivity index (χ0v) is 12.2. The Labute approximate surface area is 115 Å². The van der Waals surface area contributed by atoms with Crippen LogP contribution in [0.15, 0.2) is 29.7 Å². The summed E-state index contributed by atoms with van der Waals surface area (Å²) in [4.78, 5) is 0.212. The number of nitrogens with two attached hydrogens (primary N) is 1. The quantitative estimate of drug-likeness (QED) is 0.664. The zero-order valence-electron chi connectivity index (χ0n) is 11.4. The fourth-order valence-electron chi connectivity index (χ4n) is 2.09. The molecule has 1 aromatic rings. The first kappa shape index (κ1) is 14.1. The van der Waals surface area contributed by atoms with Gasteiger partial charge in [-0.15, -0.1) is 6.58 Å². The van der Waals surface area contributed by atoms with Gasteiger partial charge < -0.3 is 5.73 Å². The summed E-state index contributed by atoms with van der Waals surface area (Å²) in [5, 5.41) is 0. The first-order valence-corrected chi connectivity index (χ1v) is 7.81. The summed E-state index contributed by atoms with van der Waals surface area (Å²) in [6, 6.07) is 3.49. The molecule has 0 saturated heterocycles. The third kappa shape index (κ3) is 2.67. The van der Waals surface area contributed by atoms with E-state index >= 15 is 0 Å². The van der Waals surface area contributed by atoms with Gasteiger partial charge in [0.05, 0.1) is 5.69 Å². The standard InChI is InChI=1S/C14H20N2O2S/c1-4-7-16(12-5-6-12)19(17,18)14-9-11(3)10(2)8-13(14)15/h4,8-9,12H,1,5-7,15H2,2-3H3. The van der Waals surface area contributed by atoms with Gasteiger partial charge in [-0.1, -0.05) is 6.08 Å². The van der Waals surface area contributed by atoms with Crippen LogP contribution < -0.4 is 5.73 Å². The molecule has 0 bridgehead atoms. The van der Waals surface area contributed by atoms with Crippen molar-refractivity contribution in [3.63, 3.8) is 0 Å². The Balaban J connectivity index is 2.48. The Kier molecular flexibility index (Phi) is 3.69. The Bertz CT molecular complexity index is 604. The van der Waals surface area contributed by atoms with Crippen molar-refractivity contribution in [2.45, 2.75) is 37.6 Å². The van der Waals surface area contributed by atoms with Gasteiger partial charge in [-0.25, -0.2) is 8.42 Å². The van der Waals surface area contributed by atoms with Crippen molar-refractivity contribution in [3.05, 3.63) is 35.9 Å². The number of benzene rings is 1. The van der Waals surface area contributed by atoms with E-state index in [0.29, 0.717) is 12.2 Å². The summed E-state index contributed by atoms with van der Waals surface area (Å²) >= 11 is 0. The molecule has 1 aromatic carbocycles. The number of hydrogen-bond donors (Lipinski definition) is 1. The van der Waals surface area contributed by atoms with Crippen LogP contribution in [-0.4, -0.2) is 25.3 Å². The van der Waals surface area contributed by atoms with E-state index in [2.05, 4.69) is 6.58 Å². The van der Waals surface area contributed by atoms with Gasteiger partial charge in [0, 0.05) is 12.6 Å². The maximum absolute atomic E-state index is 12.7. The van der Waals surface area contributed by atoms with Crippen LogP contribution in [0.1, 0.15) is 24.0 Å². The van der Waals surface area contributed by atoms with Crippen LogP contribution in [-0.2, 0) is 10.0 Å². The summed E-state index contributed by atoms with van der Waals surface area (Å²) in [5.74, 6) is 0. The molecule has 19 heavy (non-hydrogen) atoms. The predicted molar refractivity (Wildman–Crippen MR) is 77.4 cm³/mol. The second-order valence-corrected chi connectivity index (χ2v) is 6.93.